The van der Waals surface area contributed by atoms with Crippen molar-refractivity contribution >= 4 is 6.09 Å². The average molecular weight is 210 g/mol. The molecule has 4 heteroatoms. The molecule has 0 aliphatic carbocycles. The summed E-state index contributed by atoms with van der Waals surface area (Å²) in [7, 11) is 0. The molecule has 0 saturated heterocycles. The minimum absolute atomic E-state index is 0.169. The van der Waals surface area contributed by atoms with E-state index in [0.717, 1.165) is 6.42 Å². The summed E-state index contributed by atoms with van der Waals surface area (Å²) in [6.45, 7) is 7.15. The van der Waals surface area contributed by atoms with Crippen LogP contribution in [0.1, 0.15) is 27.2 Å². The van der Waals surface area contributed by atoms with Crippen LogP contribution in [-0.4, -0.2) is 30.7 Å². The molecule has 0 fully saturated rings. The molecule has 0 aromatic heterocycles. The summed E-state index contributed by atoms with van der Waals surface area (Å²) in [6.07, 6.45) is 2.49. The largest absolute Gasteiger partial charge is 0.434 e. The number of carbonyl (C=O) groups excluding carboxylic acids is 1. The number of rotatable bonds is 1. The third kappa shape index (κ3) is 5.06. The third-order valence-corrected chi connectivity index (χ3v) is 1.95. The van der Waals surface area contributed by atoms with Gasteiger partial charge in [-0.1, -0.05) is 25.5 Å². The molecule has 0 bridgehead atoms. The molecule has 0 saturated carbocycles. The Labute approximate surface area is 91.1 Å². The number of hydrogen-bond acceptors (Lipinski definition) is 3. The molecular weight excluding hydrogens is 192 g/mol. The van der Waals surface area contributed by atoms with Gasteiger partial charge in [0, 0.05) is 13.1 Å². The monoisotopic (exact) mass is 210 g/mol. The van der Waals surface area contributed by atoms with E-state index in [4.69, 9.17) is 5.26 Å². The molecule has 0 spiro atoms. The lowest BCUT2D eigenvalue weighted by Gasteiger charge is -2.23. The Morgan fingerprint density at radius 1 is 1.67 bits per heavy atom. The number of ether oxygens (including phenoxy) is 1. The Morgan fingerprint density at radius 2 is 2.33 bits per heavy atom. The number of hydrogen-bond donors (Lipinski definition) is 0. The van der Waals surface area contributed by atoms with Crippen molar-refractivity contribution in [3.63, 3.8) is 0 Å². The Hall–Kier alpha value is -1.50. The molecule has 0 unspecified atom stereocenters. The lowest BCUT2D eigenvalue weighted by Crippen LogP contribution is -2.35. The molecular formula is C11H18N2O2. The molecule has 0 atom stereocenters. The van der Waals surface area contributed by atoms with Gasteiger partial charge < -0.3 is 9.64 Å². The minimum Gasteiger partial charge on any atom is -0.434 e. The van der Waals surface area contributed by atoms with Crippen LogP contribution in [0.25, 0.3) is 0 Å². The topological polar surface area (TPSA) is 53.3 Å². The summed E-state index contributed by atoms with van der Waals surface area (Å²) in [6, 6.07) is 1.76. The highest BCUT2D eigenvalue weighted by Gasteiger charge is 2.16. The van der Waals surface area contributed by atoms with Crippen molar-refractivity contribution in [2.45, 2.75) is 27.2 Å². The molecule has 4 nitrogen and oxygen atoms in total. The average Bonchev–Trinajstić information content (AvgIpc) is 2.29. The van der Waals surface area contributed by atoms with Crippen LogP contribution in [0, 0.1) is 11.3 Å². The lowest BCUT2D eigenvalue weighted by molar-refractivity contribution is 0.116. The maximum Gasteiger partial charge on any atom is 0.411 e. The van der Waals surface area contributed by atoms with Gasteiger partial charge in [0.25, 0.3) is 0 Å². The van der Waals surface area contributed by atoms with E-state index in [1.165, 1.54) is 5.57 Å². The van der Waals surface area contributed by atoms with Crippen LogP contribution in [-0.2, 0) is 4.74 Å². The minimum atomic E-state index is -0.398. The van der Waals surface area contributed by atoms with Crippen molar-refractivity contribution in [3.05, 3.63) is 11.6 Å². The van der Waals surface area contributed by atoms with Crippen LogP contribution in [0.3, 0.4) is 0 Å². The highest BCUT2D eigenvalue weighted by atomic mass is 16.6. The standard InChI is InChI=1S/C9H12N2O2.C2H6/c1-8-2-5-11(6-3-8)9(12)13-7-4-10;1-2/h2H,3,5-7H2,1H3;1-2H3. The van der Waals surface area contributed by atoms with Crippen LogP contribution in [0.2, 0.25) is 0 Å². The highest BCUT2D eigenvalue weighted by molar-refractivity contribution is 5.68. The molecule has 1 heterocycles. The zero-order chi connectivity index (χ0) is 11.7. The Kier molecular flexibility index (Phi) is 7.08. The van der Waals surface area contributed by atoms with E-state index < -0.39 is 6.09 Å². The van der Waals surface area contributed by atoms with Crippen molar-refractivity contribution in [2.75, 3.05) is 19.7 Å². The van der Waals surface area contributed by atoms with Gasteiger partial charge in [0.05, 0.1) is 0 Å². The first-order valence-corrected chi connectivity index (χ1v) is 5.18. The molecule has 1 aliphatic rings. The van der Waals surface area contributed by atoms with E-state index in [1.54, 1.807) is 11.0 Å². The molecule has 0 N–H and O–H groups in total. The molecule has 0 aromatic carbocycles. The molecule has 0 radical (unpaired) electrons. The van der Waals surface area contributed by atoms with E-state index in [9.17, 15) is 4.79 Å². The first-order valence-electron chi connectivity index (χ1n) is 5.18. The summed E-state index contributed by atoms with van der Waals surface area (Å²) in [5.41, 5.74) is 1.30. The van der Waals surface area contributed by atoms with Crippen LogP contribution in [0.4, 0.5) is 4.79 Å². The smallest absolute Gasteiger partial charge is 0.411 e. The Balaban J connectivity index is 0.000000921. The fourth-order valence-electron chi connectivity index (χ4n) is 1.12. The fourth-order valence-corrected chi connectivity index (χ4v) is 1.12. The van der Waals surface area contributed by atoms with E-state index >= 15 is 0 Å². The van der Waals surface area contributed by atoms with E-state index in [1.807, 2.05) is 26.8 Å². The summed E-state index contributed by atoms with van der Waals surface area (Å²) in [5, 5.41) is 8.20. The first kappa shape index (κ1) is 13.5. The molecule has 1 aliphatic heterocycles. The quantitative estimate of drug-likeness (QED) is 0.624. The van der Waals surface area contributed by atoms with Crippen molar-refractivity contribution in [1.82, 2.24) is 4.90 Å². The SMILES string of the molecule is CC.CC1=CCN(C(=O)OCC#N)CC1. The first-order chi connectivity index (χ1) is 7.24. The molecule has 15 heavy (non-hydrogen) atoms. The zero-order valence-corrected chi connectivity index (χ0v) is 9.62. The zero-order valence-electron chi connectivity index (χ0n) is 9.62. The van der Waals surface area contributed by atoms with Gasteiger partial charge in [-0.25, -0.2) is 4.79 Å². The van der Waals surface area contributed by atoms with E-state index in [-0.39, 0.29) is 6.61 Å². The van der Waals surface area contributed by atoms with Crippen LogP contribution < -0.4 is 0 Å². The third-order valence-electron chi connectivity index (χ3n) is 1.95. The van der Waals surface area contributed by atoms with E-state index in [0.29, 0.717) is 13.1 Å². The Morgan fingerprint density at radius 3 is 2.80 bits per heavy atom. The van der Waals surface area contributed by atoms with Gasteiger partial charge >= 0.3 is 6.09 Å². The second-order valence-electron chi connectivity index (χ2n) is 2.96. The number of nitriles is 1. The summed E-state index contributed by atoms with van der Waals surface area (Å²) in [5.74, 6) is 0. The van der Waals surface area contributed by atoms with Crippen LogP contribution in [0.15, 0.2) is 11.6 Å². The van der Waals surface area contributed by atoms with E-state index in [2.05, 4.69) is 4.74 Å². The maximum absolute atomic E-state index is 11.2. The van der Waals surface area contributed by atoms with Gasteiger partial charge in [-0.15, -0.1) is 0 Å². The normalized spacial score (nSPS) is 14.3. The molecule has 84 valence electrons. The Bertz CT molecular complexity index is 266. The maximum atomic E-state index is 11.2. The molecule has 1 rings (SSSR count). The van der Waals surface area contributed by atoms with Crippen molar-refractivity contribution in [3.8, 4) is 6.07 Å². The second-order valence-corrected chi connectivity index (χ2v) is 2.96. The van der Waals surface area contributed by atoms with Gasteiger partial charge in [0.2, 0.25) is 0 Å². The summed E-state index contributed by atoms with van der Waals surface area (Å²) in [4.78, 5) is 12.8. The van der Waals surface area contributed by atoms with Gasteiger partial charge in [-0.3, -0.25) is 0 Å². The van der Waals surface area contributed by atoms with Crippen LogP contribution in [0.5, 0.6) is 0 Å². The predicted molar refractivity (Wildman–Crippen MR) is 58.3 cm³/mol. The van der Waals surface area contributed by atoms with Gasteiger partial charge in [0.15, 0.2) is 6.61 Å². The van der Waals surface area contributed by atoms with Gasteiger partial charge in [-0.2, -0.15) is 5.26 Å². The summed E-state index contributed by atoms with van der Waals surface area (Å²) >= 11 is 0. The summed E-state index contributed by atoms with van der Waals surface area (Å²) < 4.78 is 4.66. The number of amides is 1. The lowest BCUT2D eigenvalue weighted by atomic mass is 10.1. The van der Waals surface area contributed by atoms with Crippen molar-refractivity contribution < 1.29 is 9.53 Å². The highest BCUT2D eigenvalue weighted by Crippen LogP contribution is 2.10. The molecule has 1 amide bonds. The number of nitrogens with zero attached hydrogens (tertiary/aromatic N) is 2. The van der Waals surface area contributed by atoms with Crippen LogP contribution >= 0.6 is 0 Å². The predicted octanol–water partition coefficient (Wildman–Crippen LogP) is 2.32. The van der Waals surface area contributed by atoms with Crippen molar-refractivity contribution in [1.29, 1.82) is 5.26 Å². The molecule has 0 aromatic rings. The van der Waals surface area contributed by atoms with Gasteiger partial charge in [-0.05, 0) is 13.3 Å². The van der Waals surface area contributed by atoms with Crippen molar-refractivity contribution in [2.24, 2.45) is 0 Å². The van der Waals surface area contributed by atoms with Gasteiger partial charge in [0.1, 0.15) is 6.07 Å². The number of carbonyl (C=O) groups is 1. The fraction of sp³-hybridized carbons (Fsp3) is 0.636. The second kappa shape index (κ2) is 7.86.